The van der Waals surface area contributed by atoms with E-state index in [1.165, 1.54) is 6.20 Å². The Kier molecular flexibility index (Phi) is 4.04. The van der Waals surface area contributed by atoms with Crippen LogP contribution in [0.1, 0.15) is 23.0 Å². The van der Waals surface area contributed by atoms with E-state index >= 15 is 0 Å². The molecule has 0 saturated heterocycles. The Labute approximate surface area is 93.6 Å². The monoisotopic (exact) mass is 225 g/mol. The summed E-state index contributed by atoms with van der Waals surface area (Å²) < 4.78 is 6.40. The lowest BCUT2D eigenvalue weighted by Gasteiger charge is -2.04. The molecular formula is C10H15N3O3. The Bertz CT molecular complexity index is 398. The smallest absolute Gasteiger partial charge is 0.342 e. The third-order valence-corrected chi connectivity index (χ3v) is 2.16. The molecule has 1 aromatic rings. The number of hydrogen-bond acceptors (Lipinski definition) is 4. The molecule has 1 heterocycles. The molecule has 6 nitrogen and oxygen atoms in total. The number of carbonyl (C=O) groups excluding carboxylic acids is 2. The molecule has 0 bridgehead atoms. The van der Waals surface area contributed by atoms with Crippen LogP contribution in [-0.2, 0) is 16.6 Å². The summed E-state index contributed by atoms with van der Waals surface area (Å²) in [5.74, 6) is -0.839. The first kappa shape index (κ1) is 12.2. The van der Waals surface area contributed by atoms with Gasteiger partial charge in [-0.3, -0.25) is 9.48 Å². The molecule has 0 fully saturated rings. The second-order valence-corrected chi connectivity index (χ2v) is 3.30. The summed E-state index contributed by atoms with van der Waals surface area (Å²) in [6, 6.07) is 0. The van der Waals surface area contributed by atoms with Gasteiger partial charge in [-0.2, -0.15) is 5.10 Å². The Morgan fingerprint density at radius 3 is 2.75 bits per heavy atom. The molecule has 1 amide bonds. The molecule has 0 aliphatic carbocycles. The van der Waals surface area contributed by atoms with Gasteiger partial charge in [0.15, 0.2) is 6.61 Å². The molecule has 0 spiro atoms. The Morgan fingerprint density at radius 1 is 1.56 bits per heavy atom. The van der Waals surface area contributed by atoms with Crippen molar-refractivity contribution >= 4 is 11.9 Å². The molecule has 0 radical (unpaired) electrons. The van der Waals surface area contributed by atoms with E-state index < -0.39 is 5.97 Å². The highest BCUT2D eigenvalue weighted by atomic mass is 16.5. The molecule has 88 valence electrons. The van der Waals surface area contributed by atoms with Gasteiger partial charge in [0.05, 0.1) is 6.20 Å². The molecule has 0 saturated carbocycles. The third kappa shape index (κ3) is 2.82. The number of rotatable bonds is 4. The van der Waals surface area contributed by atoms with Crippen LogP contribution < -0.4 is 5.32 Å². The lowest BCUT2D eigenvalue weighted by Crippen LogP contribution is -2.28. The molecule has 0 aromatic carbocycles. The van der Waals surface area contributed by atoms with Gasteiger partial charge in [-0.15, -0.1) is 0 Å². The van der Waals surface area contributed by atoms with Crippen LogP contribution in [0, 0.1) is 6.92 Å². The minimum absolute atomic E-state index is 0.263. The minimum Gasteiger partial charge on any atom is -0.452 e. The molecule has 16 heavy (non-hydrogen) atoms. The third-order valence-electron chi connectivity index (χ3n) is 2.16. The van der Waals surface area contributed by atoms with Crippen LogP contribution in [0.15, 0.2) is 6.20 Å². The van der Waals surface area contributed by atoms with Crippen molar-refractivity contribution in [3.05, 3.63) is 17.5 Å². The van der Waals surface area contributed by atoms with Crippen molar-refractivity contribution in [2.24, 2.45) is 7.05 Å². The quantitative estimate of drug-likeness (QED) is 0.733. The maximum Gasteiger partial charge on any atom is 0.342 e. The van der Waals surface area contributed by atoms with Crippen LogP contribution in [0.4, 0.5) is 0 Å². The van der Waals surface area contributed by atoms with Gasteiger partial charge < -0.3 is 10.1 Å². The fourth-order valence-electron chi connectivity index (χ4n) is 1.16. The van der Waals surface area contributed by atoms with E-state index in [9.17, 15) is 9.59 Å². The van der Waals surface area contributed by atoms with E-state index in [0.29, 0.717) is 17.8 Å². The van der Waals surface area contributed by atoms with Crippen molar-refractivity contribution in [3.63, 3.8) is 0 Å². The molecule has 0 aliphatic rings. The summed E-state index contributed by atoms with van der Waals surface area (Å²) >= 11 is 0. The van der Waals surface area contributed by atoms with Gasteiger partial charge in [-0.25, -0.2) is 4.79 Å². The number of esters is 1. The number of hydrogen-bond donors (Lipinski definition) is 1. The molecule has 6 heteroatoms. The van der Waals surface area contributed by atoms with Crippen LogP contribution >= 0.6 is 0 Å². The number of amides is 1. The van der Waals surface area contributed by atoms with Crippen LogP contribution in [0.25, 0.3) is 0 Å². The second kappa shape index (κ2) is 5.29. The highest BCUT2D eigenvalue weighted by Crippen LogP contribution is 2.06. The van der Waals surface area contributed by atoms with Crippen molar-refractivity contribution < 1.29 is 14.3 Å². The van der Waals surface area contributed by atoms with Gasteiger partial charge in [0.2, 0.25) is 0 Å². The highest BCUT2D eigenvalue weighted by molar-refractivity contribution is 5.92. The Morgan fingerprint density at radius 2 is 2.25 bits per heavy atom. The van der Waals surface area contributed by atoms with E-state index in [-0.39, 0.29) is 12.5 Å². The van der Waals surface area contributed by atoms with E-state index in [4.69, 9.17) is 4.74 Å². The maximum absolute atomic E-state index is 11.5. The first-order valence-electron chi connectivity index (χ1n) is 4.98. The van der Waals surface area contributed by atoms with Crippen LogP contribution in [0.2, 0.25) is 0 Å². The molecule has 1 aromatic heterocycles. The predicted octanol–water partition coefficient (Wildman–Crippen LogP) is 0.0214. The predicted molar refractivity (Wildman–Crippen MR) is 56.9 cm³/mol. The fourth-order valence-corrected chi connectivity index (χ4v) is 1.16. The van der Waals surface area contributed by atoms with Gasteiger partial charge in [-0.1, -0.05) is 0 Å². The van der Waals surface area contributed by atoms with Crippen molar-refractivity contribution in [1.82, 2.24) is 15.1 Å². The first-order valence-corrected chi connectivity index (χ1v) is 4.98. The van der Waals surface area contributed by atoms with Crippen LogP contribution in [0.5, 0.6) is 0 Å². The van der Waals surface area contributed by atoms with E-state index in [1.54, 1.807) is 25.6 Å². The summed E-state index contributed by atoms with van der Waals surface area (Å²) in [6.45, 7) is 3.81. The molecule has 0 aliphatic heterocycles. The average molecular weight is 225 g/mol. The van der Waals surface area contributed by atoms with Crippen LogP contribution in [0.3, 0.4) is 0 Å². The van der Waals surface area contributed by atoms with Crippen molar-refractivity contribution in [1.29, 1.82) is 0 Å². The number of nitrogens with one attached hydrogen (secondary N) is 1. The van der Waals surface area contributed by atoms with E-state index in [1.807, 2.05) is 0 Å². The van der Waals surface area contributed by atoms with Crippen molar-refractivity contribution in [2.75, 3.05) is 13.2 Å². The SMILES string of the molecule is CCNC(=O)COC(=O)c1cnn(C)c1C. The molecule has 1 N–H and O–H groups in total. The summed E-state index contributed by atoms with van der Waals surface area (Å²) in [4.78, 5) is 22.6. The summed E-state index contributed by atoms with van der Waals surface area (Å²) in [5.41, 5.74) is 1.09. The van der Waals surface area contributed by atoms with Gasteiger partial charge >= 0.3 is 5.97 Å². The number of aryl methyl sites for hydroxylation is 1. The number of nitrogens with zero attached hydrogens (tertiary/aromatic N) is 2. The number of aromatic nitrogens is 2. The number of likely N-dealkylation sites (N-methyl/N-ethyl adjacent to an activating group) is 1. The van der Waals surface area contributed by atoms with Gasteiger partial charge in [-0.05, 0) is 13.8 Å². The van der Waals surface area contributed by atoms with Crippen LogP contribution in [-0.4, -0.2) is 34.8 Å². The highest BCUT2D eigenvalue weighted by Gasteiger charge is 2.15. The standard InChI is InChI=1S/C10H15N3O3/c1-4-11-9(14)6-16-10(15)8-5-12-13(3)7(8)2/h5H,4,6H2,1-3H3,(H,11,14). The number of ether oxygens (including phenoxy) is 1. The van der Waals surface area contributed by atoms with Crippen molar-refractivity contribution in [2.45, 2.75) is 13.8 Å². The first-order chi connectivity index (χ1) is 7.56. The zero-order valence-corrected chi connectivity index (χ0v) is 9.61. The number of carbonyl (C=O) groups is 2. The lowest BCUT2D eigenvalue weighted by molar-refractivity contribution is -0.124. The zero-order valence-electron chi connectivity index (χ0n) is 9.61. The molecular weight excluding hydrogens is 210 g/mol. The van der Waals surface area contributed by atoms with E-state index in [2.05, 4.69) is 10.4 Å². The lowest BCUT2D eigenvalue weighted by atomic mass is 10.3. The Balaban J connectivity index is 2.53. The molecule has 0 unspecified atom stereocenters. The largest absolute Gasteiger partial charge is 0.452 e. The normalized spacial score (nSPS) is 9.94. The topological polar surface area (TPSA) is 73.2 Å². The summed E-state index contributed by atoms with van der Waals surface area (Å²) in [6.07, 6.45) is 1.43. The fraction of sp³-hybridized carbons (Fsp3) is 0.500. The van der Waals surface area contributed by atoms with Gasteiger partial charge in [0.25, 0.3) is 5.91 Å². The molecule has 0 atom stereocenters. The second-order valence-electron chi connectivity index (χ2n) is 3.30. The molecule has 1 rings (SSSR count). The minimum atomic E-state index is -0.531. The average Bonchev–Trinajstić information content (AvgIpc) is 2.57. The summed E-state index contributed by atoms with van der Waals surface area (Å²) in [5, 5.41) is 6.45. The van der Waals surface area contributed by atoms with Gasteiger partial charge in [0.1, 0.15) is 5.56 Å². The maximum atomic E-state index is 11.5. The van der Waals surface area contributed by atoms with Crippen molar-refractivity contribution in [3.8, 4) is 0 Å². The Hall–Kier alpha value is -1.85. The summed E-state index contributed by atoms with van der Waals surface area (Å²) in [7, 11) is 1.73. The zero-order chi connectivity index (χ0) is 12.1. The van der Waals surface area contributed by atoms with Gasteiger partial charge in [0, 0.05) is 19.3 Å². The van der Waals surface area contributed by atoms with E-state index in [0.717, 1.165) is 0 Å².